The highest BCUT2D eigenvalue weighted by Crippen LogP contribution is 2.15. The van der Waals surface area contributed by atoms with Gasteiger partial charge in [-0.2, -0.15) is 5.10 Å². The van der Waals surface area contributed by atoms with Crippen molar-refractivity contribution in [1.29, 1.82) is 0 Å². The Kier molecular flexibility index (Phi) is 6.93. The molecule has 0 saturated carbocycles. The average Bonchev–Trinajstić information content (AvgIpc) is 3.25. The quantitative estimate of drug-likeness (QED) is 0.392. The van der Waals surface area contributed by atoms with Gasteiger partial charge in [0.25, 0.3) is 0 Å². The van der Waals surface area contributed by atoms with Gasteiger partial charge in [-0.1, -0.05) is 6.42 Å². The van der Waals surface area contributed by atoms with Crippen LogP contribution in [0.25, 0.3) is 0 Å². The lowest BCUT2D eigenvalue weighted by Gasteiger charge is -2.25. The summed E-state index contributed by atoms with van der Waals surface area (Å²) in [6, 6.07) is 0.285. The van der Waals surface area contributed by atoms with Crippen LogP contribution in [0, 0.1) is 0 Å². The van der Waals surface area contributed by atoms with E-state index in [2.05, 4.69) is 40.5 Å². The van der Waals surface area contributed by atoms with E-state index in [9.17, 15) is 0 Å². The molecule has 1 atom stereocenters. The summed E-state index contributed by atoms with van der Waals surface area (Å²) in [5.74, 6) is 4.90. The van der Waals surface area contributed by atoms with Gasteiger partial charge in [0.15, 0.2) is 11.8 Å². The zero-order chi connectivity index (χ0) is 20.8. The SMILES string of the molecule is CN=C(NCCCc1nnc2n1CCCCC2)NC1CCc2nc(COC)nn2C1. The van der Waals surface area contributed by atoms with Gasteiger partial charge in [-0.3, -0.25) is 4.99 Å². The number of guanidine groups is 1. The fourth-order valence-corrected chi connectivity index (χ4v) is 4.24. The predicted molar refractivity (Wildman–Crippen MR) is 113 cm³/mol. The standard InChI is InChI=1S/C20H33N9O/c1-21-20(23-15-9-10-17-24-16(14-30-2)27-29(17)13-15)22-11-6-8-19-26-25-18-7-4-3-5-12-28(18)19/h15H,3-14H2,1-2H3,(H2,21,22,23). The molecule has 10 nitrogen and oxygen atoms in total. The molecular formula is C20H33N9O. The van der Waals surface area contributed by atoms with Crippen LogP contribution in [0.3, 0.4) is 0 Å². The monoisotopic (exact) mass is 415 g/mol. The van der Waals surface area contributed by atoms with E-state index in [1.165, 1.54) is 19.3 Å². The summed E-state index contributed by atoms with van der Waals surface area (Å²) in [6.45, 7) is 3.16. The first-order chi connectivity index (χ1) is 14.8. The fraction of sp³-hybridized carbons (Fsp3) is 0.750. The molecule has 0 amide bonds. The number of hydrogen-bond donors (Lipinski definition) is 2. The van der Waals surface area contributed by atoms with E-state index in [0.29, 0.717) is 6.61 Å². The molecule has 2 aliphatic heterocycles. The Morgan fingerprint density at radius 1 is 1.20 bits per heavy atom. The maximum Gasteiger partial charge on any atom is 0.191 e. The molecule has 0 radical (unpaired) electrons. The normalized spacial score (nSPS) is 19.1. The van der Waals surface area contributed by atoms with Crippen LogP contribution in [0.1, 0.15) is 55.4 Å². The van der Waals surface area contributed by atoms with Gasteiger partial charge >= 0.3 is 0 Å². The zero-order valence-electron chi connectivity index (χ0n) is 18.1. The Hall–Kier alpha value is -2.49. The molecule has 0 spiro atoms. The third kappa shape index (κ3) is 4.97. The number of aliphatic imine (C=N–C) groups is 1. The summed E-state index contributed by atoms with van der Waals surface area (Å²) >= 11 is 0. The predicted octanol–water partition coefficient (Wildman–Crippen LogP) is 0.855. The second-order valence-corrected chi connectivity index (χ2v) is 8.04. The number of aryl methyl sites for hydroxylation is 3. The van der Waals surface area contributed by atoms with Crippen LogP contribution in [-0.2, 0) is 43.7 Å². The van der Waals surface area contributed by atoms with Crippen LogP contribution in [0.5, 0.6) is 0 Å². The lowest BCUT2D eigenvalue weighted by atomic mass is 10.1. The lowest BCUT2D eigenvalue weighted by molar-refractivity contribution is 0.177. The number of fused-ring (bicyclic) bond motifs is 2. The number of nitrogens with zero attached hydrogens (tertiary/aromatic N) is 7. The van der Waals surface area contributed by atoms with Crippen LogP contribution in [0.4, 0.5) is 0 Å². The van der Waals surface area contributed by atoms with Crippen molar-refractivity contribution < 1.29 is 4.74 Å². The molecule has 30 heavy (non-hydrogen) atoms. The molecule has 1 unspecified atom stereocenters. The highest BCUT2D eigenvalue weighted by atomic mass is 16.5. The fourth-order valence-electron chi connectivity index (χ4n) is 4.24. The second kappa shape index (κ2) is 10.0. The molecule has 0 aliphatic carbocycles. The summed E-state index contributed by atoms with van der Waals surface area (Å²) in [4.78, 5) is 8.92. The van der Waals surface area contributed by atoms with Crippen molar-refractivity contribution in [1.82, 2.24) is 40.2 Å². The van der Waals surface area contributed by atoms with Gasteiger partial charge in [-0.05, 0) is 25.7 Å². The molecule has 4 rings (SSSR count). The van der Waals surface area contributed by atoms with E-state index < -0.39 is 0 Å². The minimum absolute atomic E-state index is 0.285. The van der Waals surface area contributed by atoms with E-state index in [1.54, 1.807) is 7.11 Å². The first-order valence-corrected chi connectivity index (χ1v) is 11.1. The molecule has 0 fully saturated rings. The largest absolute Gasteiger partial charge is 0.377 e. The van der Waals surface area contributed by atoms with E-state index in [4.69, 9.17) is 4.74 Å². The van der Waals surface area contributed by atoms with Crippen molar-refractivity contribution >= 4 is 5.96 Å². The highest BCUT2D eigenvalue weighted by Gasteiger charge is 2.22. The molecule has 2 aliphatic rings. The lowest BCUT2D eigenvalue weighted by Crippen LogP contribution is -2.47. The average molecular weight is 416 g/mol. The summed E-state index contributed by atoms with van der Waals surface area (Å²) in [7, 11) is 3.48. The Bertz CT molecular complexity index is 857. The van der Waals surface area contributed by atoms with Crippen LogP contribution < -0.4 is 10.6 Å². The number of rotatable bonds is 7. The molecule has 10 heteroatoms. The van der Waals surface area contributed by atoms with Gasteiger partial charge in [0, 0.05) is 52.6 Å². The van der Waals surface area contributed by atoms with Crippen molar-refractivity contribution in [3.8, 4) is 0 Å². The Morgan fingerprint density at radius 2 is 2.13 bits per heavy atom. The highest BCUT2D eigenvalue weighted by molar-refractivity contribution is 5.79. The number of nitrogens with one attached hydrogen (secondary N) is 2. The molecule has 0 saturated heterocycles. The molecular weight excluding hydrogens is 382 g/mol. The van der Waals surface area contributed by atoms with Crippen molar-refractivity contribution in [3.63, 3.8) is 0 Å². The Balaban J connectivity index is 1.22. The van der Waals surface area contributed by atoms with Gasteiger partial charge in [0.1, 0.15) is 24.1 Å². The first-order valence-electron chi connectivity index (χ1n) is 11.1. The second-order valence-electron chi connectivity index (χ2n) is 8.04. The summed E-state index contributed by atoms with van der Waals surface area (Å²) in [5.41, 5.74) is 0. The maximum atomic E-state index is 5.14. The summed E-state index contributed by atoms with van der Waals surface area (Å²) in [5, 5.41) is 20.3. The van der Waals surface area contributed by atoms with Gasteiger partial charge in [0.05, 0.1) is 6.54 Å². The van der Waals surface area contributed by atoms with Crippen LogP contribution in [0.2, 0.25) is 0 Å². The van der Waals surface area contributed by atoms with E-state index in [1.807, 2.05) is 11.7 Å². The molecule has 164 valence electrons. The minimum atomic E-state index is 0.285. The van der Waals surface area contributed by atoms with Crippen molar-refractivity contribution in [3.05, 3.63) is 23.3 Å². The van der Waals surface area contributed by atoms with Crippen molar-refractivity contribution in [2.45, 2.75) is 77.1 Å². The third-order valence-electron chi connectivity index (χ3n) is 5.80. The van der Waals surface area contributed by atoms with E-state index >= 15 is 0 Å². The third-order valence-corrected chi connectivity index (χ3v) is 5.80. The number of methoxy groups -OCH3 is 1. The van der Waals surface area contributed by atoms with Gasteiger partial charge in [0.2, 0.25) is 0 Å². The Labute approximate surface area is 177 Å². The van der Waals surface area contributed by atoms with Crippen LogP contribution in [-0.4, -0.2) is 62.2 Å². The minimum Gasteiger partial charge on any atom is -0.377 e. The molecule has 4 heterocycles. The van der Waals surface area contributed by atoms with Gasteiger partial charge < -0.3 is 19.9 Å². The van der Waals surface area contributed by atoms with Crippen molar-refractivity contribution in [2.24, 2.45) is 4.99 Å². The zero-order valence-corrected chi connectivity index (χ0v) is 18.1. The number of ether oxygens (including phenoxy) is 1. The van der Waals surface area contributed by atoms with Crippen LogP contribution >= 0.6 is 0 Å². The smallest absolute Gasteiger partial charge is 0.191 e. The van der Waals surface area contributed by atoms with Crippen LogP contribution in [0.15, 0.2) is 4.99 Å². The Morgan fingerprint density at radius 3 is 3.00 bits per heavy atom. The molecule has 2 N–H and O–H groups in total. The maximum absolute atomic E-state index is 5.14. The van der Waals surface area contributed by atoms with E-state index in [0.717, 1.165) is 81.0 Å². The van der Waals surface area contributed by atoms with Crippen molar-refractivity contribution in [2.75, 3.05) is 20.7 Å². The summed E-state index contributed by atoms with van der Waals surface area (Å²) in [6.07, 6.45) is 8.66. The molecule has 0 aromatic carbocycles. The molecule has 2 aromatic rings. The number of hydrogen-bond acceptors (Lipinski definition) is 6. The molecule has 0 bridgehead atoms. The van der Waals surface area contributed by atoms with Gasteiger partial charge in [-0.15, -0.1) is 10.2 Å². The molecule has 2 aromatic heterocycles. The van der Waals surface area contributed by atoms with E-state index in [-0.39, 0.29) is 6.04 Å². The number of aromatic nitrogens is 6. The van der Waals surface area contributed by atoms with Gasteiger partial charge in [-0.25, -0.2) is 9.67 Å². The first kappa shape index (κ1) is 20.8. The topological polar surface area (TPSA) is 107 Å². The summed E-state index contributed by atoms with van der Waals surface area (Å²) < 4.78 is 9.45.